The first-order valence-electron chi connectivity index (χ1n) is 8.73. The molecule has 120 valence electrons. The van der Waals surface area contributed by atoms with Crippen molar-refractivity contribution in [1.29, 1.82) is 0 Å². The molecule has 0 aromatic rings. The first-order valence-corrected chi connectivity index (χ1v) is 9.27. The maximum atomic E-state index is 8.67. The van der Waals surface area contributed by atoms with Gasteiger partial charge in [-0.3, -0.25) is 0 Å². The standard InChI is InChI=1S/C18H35ClO/c19-17-15-13-11-9-7-5-3-1-2-4-6-8-10-12-14-16-18-20/h1-2,20H,3-18H2/b2-1+. The van der Waals surface area contributed by atoms with E-state index in [0.717, 1.165) is 12.3 Å². The number of hydrogen-bond acceptors (Lipinski definition) is 1. The zero-order valence-electron chi connectivity index (χ0n) is 13.3. The van der Waals surface area contributed by atoms with Gasteiger partial charge in [0.25, 0.3) is 0 Å². The van der Waals surface area contributed by atoms with Gasteiger partial charge in [0, 0.05) is 12.5 Å². The molecule has 0 aromatic heterocycles. The lowest BCUT2D eigenvalue weighted by Crippen LogP contribution is -1.83. The van der Waals surface area contributed by atoms with Crippen LogP contribution >= 0.6 is 11.6 Å². The van der Waals surface area contributed by atoms with Gasteiger partial charge in [-0.15, -0.1) is 11.6 Å². The van der Waals surface area contributed by atoms with Crippen LogP contribution in [0.4, 0.5) is 0 Å². The summed E-state index contributed by atoms with van der Waals surface area (Å²) in [6.07, 6.45) is 22.6. The van der Waals surface area contributed by atoms with Crippen molar-refractivity contribution in [3.05, 3.63) is 12.2 Å². The molecule has 0 saturated heterocycles. The molecule has 0 aliphatic rings. The van der Waals surface area contributed by atoms with Gasteiger partial charge in [-0.1, -0.05) is 63.5 Å². The van der Waals surface area contributed by atoms with Crippen molar-refractivity contribution < 1.29 is 5.11 Å². The Kier molecular flexibility index (Phi) is 19.0. The summed E-state index contributed by atoms with van der Waals surface area (Å²) in [6, 6.07) is 0. The van der Waals surface area contributed by atoms with E-state index in [1.54, 1.807) is 0 Å². The fourth-order valence-electron chi connectivity index (χ4n) is 2.38. The highest BCUT2D eigenvalue weighted by Crippen LogP contribution is 2.10. The number of alkyl halides is 1. The predicted molar refractivity (Wildman–Crippen MR) is 91.6 cm³/mol. The summed E-state index contributed by atoms with van der Waals surface area (Å²) in [6.45, 7) is 0.357. The Morgan fingerprint density at radius 2 is 0.950 bits per heavy atom. The molecule has 0 aromatic carbocycles. The van der Waals surface area contributed by atoms with E-state index in [0.29, 0.717) is 6.61 Å². The Morgan fingerprint density at radius 1 is 0.550 bits per heavy atom. The number of halogens is 1. The molecule has 0 rings (SSSR count). The van der Waals surface area contributed by atoms with E-state index in [1.807, 2.05) is 0 Å². The molecule has 0 amide bonds. The largest absolute Gasteiger partial charge is 0.396 e. The topological polar surface area (TPSA) is 20.2 Å². The second-order valence-corrected chi connectivity index (χ2v) is 6.08. The Hall–Kier alpha value is -0.0100. The molecule has 0 unspecified atom stereocenters. The molecule has 0 heterocycles. The van der Waals surface area contributed by atoms with Gasteiger partial charge in [0.05, 0.1) is 0 Å². The van der Waals surface area contributed by atoms with Crippen LogP contribution in [0.3, 0.4) is 0 Å². The second kappa shape index (κ2) is 19.0. The van der Waals surface area contributed by atoms with Crippen LogP contribution in [-0.2, 0) is 0 Å². The van der Waals surface area contributed by atoms with Crippen LogP contribution in [0.25, 0.3) is 0 Å². The summed E-state index contributed by atoms with van der Waals surface area (Å²) in [7, 11) is 0. The number of aliphatic hydroxyl groups is 1. The number of aliphatic hydroxyl groups excluding tert-OH is 1. The Balaban J connectivity index is 3.01. The molecule has 0 atom stereocenters. The van der Waals surface area contributed by atoms with Crippen molar-refractivity contribution in [2.75, 3.05) is 12.5 Å². The maximum Gasteiger partial charge on any atom is 0.0431 e. The molecule has 20 heavy (non-hydrogen) atoms. The lowest BCUT2D eigenvalue weighted by atomic mass is 10.1. The van der Waals surface area contributed by atoms with Gasteiger partial charge in [0.2, 0.25) is 0 Å². The van der Waals surface area contributed by atoms with Gasteiger partial charge in [-0.05, 0) is 38.5 Å². The van der Waals surface area contributed by atoms with Crippen LogP contribution < -0.4 is 0 Å². The van der Waals surface area contributed by atoms with E-state index in [-0.39, 0.29) is 0 Å². The highest BCUT2D eigenvalue weighted by Gasteiger charge is 1.91. The van der Waals surface area contributed by atoms with E-state index >= 15 is 0 Å². The SMILES string of the molecule is OCCCCCCCC/C=C/CCCCCCCCCl. The molecule has 0 aliphatic heterocycles. The molecular formula is C18H35ClO. The van der Waals surface area contributed by atoms with E-state index in [1.165, 1.54) is 83.5 Å². The van der Waals surface area contributed by atoms with Gasteiger partial charge in [-0.2, -0.15) is 0 Å². The first-order chi connectivity index (χ1) is 9.91. The molecule has 0 spiro atoms. The van der Waals surface area contributed by atoms with E-state index in [2.05, 4.69) is 12.2 Å². The highest BCUT2D eigenvalue weighted by molar-refractivity contribution is 6.17. The monoisotopic (exact) mass is 302 g/mol. The van der Waals surface area contributed by atoms with Crippen molar-refractivity contribution in [3.8, 4) is 0 Å². The molecule has 0 bridgehead atoms. The normalized spacial score (nSPS) is 11.5. The van der Waals surface area contributed by atoms with Crippen LogP contribution in [0.1, 0.15) is 89.9 Å². The number of unbranched alkanes of at least 4 members (excludes halogenated alkanes) is 12. The zero-order valence-corrected chi connectivity index (χ0v) is 14.0. The fourth-order valence-corrected chi connectivity index (χ4v) is 2.57. The van der Waals surface area contributed by atoms with Crippen molar-refractivity contribution >= 4 is 11.6 Å². The van der Waals surface area contributed by atoms with Gasteiger partial charge in [0.15, 0.2) is 0 Å². The minimum atomic E-state index is 0.357. The molecule has 2 heteroatoms. The van der Waals surface area contributed by atoms with Crippen LogP contribution in [0, 0.1) is 0 Å². The van der Waals surface area contributed by atoms with Gasteiger partial charge in [0.1, 0.15) is 0 Å². The van der Waals surface area contributed by atoms with Crippen LogP contribution in [0.2, 0.25) is 0 Å². The summed E-state index contributed by atoms with van der Waals surface area (Å²) < 4.78 is 0. The predicted octanol–water partition coefficient (Wildman–Crippen LogP) is 6.24. The third kappa shape index (κ3) is 18.0. The van der Waals surface area contributed by atoms with Crippen molar-refractivity contribution in [2.24, 2.45) is 0 Å². The summed E-state index contributed by atoms with van der Waals surface area (Å²) in [5.74, 6) is 0.824. The zero-order chi connectivity index (χ0) is 14.7. The minimum Gasteiger partial charge on any atom is -0.396 e. The van der Waals surface area contributed by atoms with Crippen LogP contribution in [-0.4, -0.2) is 17.6 Å². The number of rotatable bonds is 16. The summed E-state index contributed by atoms with van der Waals surface area (Å²) >= 11 is 5.65. The van der Waals surface area contributed by atoms with E-state index < -0.39 is 0 Å². The molecule has 0 radical (unpaired) electrons. The highest BCUT2D eigenvalue weighted by atomic mass is 35.5. The lowest BCUT2D eigenvalue weighted by Gasteiger charge is -1.99. The van der Waals surface area contributed by atoms with E-state index in [9.17, 15) is 0 Å². The maximum absolute atomic E-state index is 8.67. The third-order valence-corrected chi connectivity index (χ3v) is 3.97. The Bertz CT molecular complexity index is 172. The molecule has 0 saturated carbocycles. The van der Waals surface area contributed by atoms with Crippen molar-refractivity contribution in [2.45, 2.75) is 89.9 Å². The first kappa shape index (κ1) is 20.0. The second-order valence-electron chi connectivity index (χ2n) is 5.70. The molecule has 1 nitrogen and oxygen atoms in total. The summed E-state index contributed by atoms with van der Waals surface area (Å²) in [5, 5.41) is 8.67. The van der Waals surface area contributed by atoms with Gasteiger partial charge >= 0.3 is 0 Å². The Morgan fingerprint density at radius 3 is 1.40 bits per heavy atom. The van der Waals surface area contributed by atoms with Crippen LogP contribution in [0.15, 0.2) is 12.2 Å². The number of allylic oxidation sites excluding steroid dienone is 2. The van der Waals surface area contributed by atoms with Gasteiger partial charge < -0.3 is 5.11 Å². The Labute approximate surface area is 131 Å². The van der Waals surface area contributed by atoms with E-state index in [4.69, 9.17) is 16.7 Å². The summed E-state index contributed by atoms with van der Waals surface area (Å²) in [5.41, 5.74) is 0. The third-order valence-electron chi connectivity index (χ3n) is 3.70. The average Bonchev–Trinajstić information content (AvgIpc) is 2.47. The van der Waals surface area contributed by atoms with Crippen molar-refractivity contribution in [1.82, 2.24) is 0 Å². The molecule has 1 N–H and O–H groups in total. The molecular weight excluding hydrogens is 268 g/mol. The average molecular weight is 303 g/mol. The summed E-state index contributed by atoms with van der Waals surface area (Å²) in [4.78, 5) is 0. The molecule has 0 fully saturated rings. The van der Waals surface area contributed by atoms with Crippen LogP contribution in [0.5, 0.6) is 0 Å². The smallest absolute Gasteiger partial charge is 0.0431 e. The molecule has 0 aliphatic carbocycles. The van der Waals surface area contributed by atoms with Crippen molar-refractivity contribution in [3.63, 3.8) is 0 Å². The fraction of sp³-hybridized carbons (Fsp3) is 0.889. The number of hydrogen-bond donors (Lipinski definition) is 1. The quantitative estimate of drug-likeness (QED) is 0.203. The lowest BCUT2D eigenvalue weighted by molar-refractivity contribution is 0.282. The minimum absolute atomic E-state index is 0.357. The van der Waals surface area contributed by atoms with Gasteiger partial charge in [-0.25, -0.2) is 0 Å².